The van der Waals surface area contributed by atoms with E-state index in [4.69, 9.17) is 0 Å². The standard InChI is InChI=1S/C15H21N7O/c1-9(2)11-4-13(21-20-11)18-14-6-16-12-5-17-22(15(12)19-14)7-10(3)8-23/h4-6,9-10,23H,7-8H2,1-3H3,(H2,18,19,20,21)/t10-/m1/s1. The minimum atomic E-state index is 0.108. The van der Waals surface area contributed by atoms with Crippen molar-refractivity contribution in [1.29, 1.82) is 0 Å². The summed E-state index contributed by atoms with van der Waals surface area (Å²) < 4.78 is 1.76. The predicted molar refractivity (Wildman–Crippen MR) is 87.5 cm³/mol. The lowest BCUT2D eigenvalue weighted by molar-refractivity contribution is 0.220. The van der Waals surface area contributed by atoms with Crippen LogP contribution in [0.4, 0.5) is 11.6 Å². The molecule has 0 aliphatic heterocycles. The van der Waals surface area contributed by atoms with Gasteiger partial charge in [-0.15, -0.1) is 0 Å². The van der Waals surface area contributed by atoms with Crippen molar-refractivity contribution in [2.45, 2.75) is 33.2 Å². The number of hydrogen-bond donors (Lipinski definition) is 3. The number of nitrogens with zero attached hydrogens (tertiary/aromatic N) is 5. The zero-order valence-electron chi connectivity index (χ0n) is 13.5. The van der Waals surface area contributed by atoms with Crippen molar-refractivity contribution in [2.24, 2.45) is 5.92 Å². The SMILES string of the molecule is CC(C)c1cc(Nc2cnc3cnn(C[C@@H](C)CO)c3n2)n[nH]1. The Morgan fingerprint density at radius 1 is 1.26 bits per heavy atom. The monoisotopic (exact) mass is 315 g/mol. The first-order valence-corrected chi connectivity index (χ1v) is 7.68. The summed E-state index contributed by atoms with van der Waals surface area (Å²) in [4.78, 5) is 8.93. The highest BCUT2D eigenvalue weighted by Crippen LogP contribution is 2.19. The first-order valence-electron chi connectivity index (χ1n) is 7.68. The topological polar surface area (TPSA) is 105 Å². The third kappa shape index (κ3) is 3.31. The number of rotatable bonds is 6. The van der Waals surface area contributed by atoms with Crippen LogP contribution in [0.15, 0.2) is 18.5 Å². The summed E-state index contributed by atoms with van der Waals surface area (Å²) >= 11 is 0. The van der Waals surface area contributed by atoms with Crippen LogP contribution < -0.4 is 5.32 Å². The van der Waals surface area contributed by atoms with Crippen molar-refractivity contribution in [3.05, 3.63) is 24.2 Å². The Balaban J connectivity index is 1.84. The third-order valence-electron chi connectivity index (χ3n) is 3.62. The largest absolute Gasteiger partial charge is 0.396 e. The van der Waals surface area contributed by atoms with Crippen LogP contribution in [0.5, 0.6) is 0 Å². The molecule has 8 heteroatoms. The number of H-pyrrole nitrogens is 1. The Kier molecular flexibility index (Phi) is 4.24. The van der Waals surface area contributed by atoms with Gasteiger partial charge in [-0.05, 0) is 11.8 Å². The summed E-state index contributed by atoms with van der Waals surface area (Å²) in [6, 6.07) is 1.96. The number of fused-ring (bicyclic) bond motifs is 1. The average molecular weight is 315 g/mol. The van der Waals surface area contributed by atoms with E-state index in [0.717, 1.165) is 11.2 Å². The molecule has 122 valence electrons. The summed E-state index contributed by atoms with van der Waals surface area (Å²) in [5.41, 5.74) is 2.48. The number of aromatic nitrogens is 6. The number of aromatic amines is 1. The van der Waals surface area contributed by atoms with Gasteiger partial charge in [0.1, 0.15) is 5.52 Å². The van der Waals surface area contributed by atoms with E-state index < -0.39 is 0 Å². The van der Waals surface area contributed by atoms with Crippen molar-refractivity contribution in [2.75, 3.05) is 11.9 Å². The van der Waals surface area contributed by atoms with Crippen LogP contribution in [0.25, 0.3) is 11.2 Å². The first-order chi connectivity index (χ1) is 11.1. The van der Waals surface area contributed by atoms with Crippen LogP contribution in [-0.2, 0) is 6.54 Å². The van der Waals surface area contributed by atoms with Crippen LogP contribution in [0.2, 0.25) is 0 Å². The lowest BCUT2D eigenvalue weighted by Gasteiger charge is -2.08. The van der Waals surface area contributed by atoms with Crippen molar-refractivity contribution >= 4 is 22.8 Å². The summed E-state index contributed by atoms with van der Waals surface area (Å²) in [5.74, 6) is 1.80. The zero-order valence-corrected chi connectivity index (χ0v) is 13.5. The van der Waals surface area contributed by atoms with Crippen LogP contribution in [0.1, 0.15) is 32.4 Å². The maximum atomic E-state index is 9.20. The Bertz CT molecular complexity index is 792. The van der Waals surface area contributed by atoms with Crippen LogP contribution in [0.3, 0.4) is 0 Å². The quantitative estimate of drug-likeness (QED) is 0.643. The molecule has 3 aromatic heterocycles. The van der Waals surface area contributed by atoms with E-state index in [1.807, 2.05) is 13.0 Å². The molecule has 0 unspecified atom stereocenters. The lowest BCUT2D eigenvalue weighted by Crippen LogP contribution is -2.12. The number of hydrogen-bond acceptors (Lipinski definition) is 6. The molecule has 0 radical (unpaired) electrons. The molecule has 3 rings (SSSR count). The highest BCUT2D eigenvalue weighted by atomic mass is 16.3. The van der Waals surface area contributed by atoms with Gasteiger partial charge in [0.15, 0.2) is 17.3 Å². The minimum Gasteiger partial charge on any atom is -0.396 e. The van der Waals surface area contributed by atoms with Gasteiger partial charge >= 0.3 is 0 Å². The van der Waals surface area contributed by atoms with Gasteiger partial charge in [-0.25, -0.2) is 14.6 Å². The Morgan fingerprint density at radius 2 is 2.09 bits per heavy atom. The normalized spacial score (nSPS) is 12.9. The van der Waals surface area contributed by atoms with E-state index in [9.17, 15) is 5.11 Å². The third-order valence-corrected chi connectivity index (χ3v) is 3.62. The fourth-order valence-corrected chi connectivity index (χ4v) is 2.22. The highest BCUT2D eigenvalue weighted by Gasteiger charge is 2.11. The van der Waals surface area contributed by atoms with Gasteiger partial charge in [0.25, 0.3) is 0 Å². The molecule has 3 heterocycles. The van der Waals surface area contributed by atoms with Gasteiger partial charge < -0.3 is 10.4 Å². The molecule has 8 nitrogen and oxygen atoms in total. The van der Waals surface area contributed by atoms with Gasteiger partial charge in [-0.3, -0.25) is 5.10 Å². The lowest BCUT2D eigenvalue weighted by atomic mass is 10.1. The maximum Gasteiger partial charge on any atom is 0.178 e. The summed E-state index contributed by atoms with van der Waals surface area (Å²) in [7, 11) is 0. The molecule has 0 fully saturated rings. The second-order valence-corrected chi connectivity index (χ2v) is 6.07. The van der Waals surface area contributed by atoms with Gasteiger partial charge in [0.05, 0.1) is 12.4 Å². The number of nitrogens with one attached hydrogen (secondary N) is 2. The molecule has 23 heavy (non-hydrogen) atoms. The van der Waals surface area contributed by atoms with E-state index in [-0.39, 0.29) is 12.5 Å². The zero-order chi connectivity index (χ0) is 16.4. The summed E-state index contributed by atoms with van der Waals surface area (Å²) in [6.45, 7) is 6.87. The highest BCUT2D eigenvalue weighted by molar-refractivity contribution is 5.71. The molecule has 0 aliphatic rings. The maximum absolute atomic E-state index is 9.20. The van der Waals surface area contributed by atoms with Crippen LogP contribution in [0, 0.1) is 5.92 Å². The average Bonchev–Trinajstić information content (AvgIpc) is 3.15. The van der Waals surface area contributed by atoms with Gasteiger partial charge in [0, 0.05) is 24.9 Å². The molecular formula is C15H21N7O. The van der Waals surface area contributed by atoms with Gasteiger partial charge in [0.2, 0.25) is 0 Å². The number of anilines is 2. The fraction of sp³-hybridized carbons (Fsp3) is 0.467. The van der Waals surface area contributed by atoms with E-state index in [0.29, 0.717) is 29.7 Å². The Morgan fingerprint density at radius 3 is 2.78 bits per heavy atom. The molecule has 0 saturated heterocycles. The van der Waals surface area contributed by atoms with Crippen molar-refractivity contribution in [3.63, 3.8) is 0 Å². The first kappa shape index (κ1) is 15.4. The van der Waals surface area contributed by atoms with E-state index >= 15 is 0 Å². The van der Waals surface area contributed by atoms with Crippen molar-refractivity contribution < 1.29 is 5.11 Å². The summed E-state index contributed by atoms with van der Waals surface area (Å²) in [6.07, 6.45) is 3.34. The molecule has 3 N–H and O–H groups in total. The number of aliphatic hydroxyl groups excluding tert-OH is 1. The van der Waals surface area contributed by atoms with E-state index in [1.54, 1.807) is 17.1 Å². The van der Waals surface area contributed by atoms with E-state index in [1.165, 1.54) is 0 Å². The second kappa shape index (κ2) is 6.33. The molecule has 3 aromatic rings. The van der Waals surface area contributed by atoms with Gasteiger partial charge in [-0.1, -0.05) is 20.8 Å². The molecule has 0 saturated carbocycles. The van der Waals surface area contributed by atoms with Crippen LogP contribution in [-0.4, -0.2) is 41.7 Å². The fourth-order valence-electron chi connectivity index (χ4n) is 2.22. The van der Waals surface area contributed by atoms with E-state index in [2.05, 4.69) is 44.4 Å². The molecule has 0 aromatic carbocycles. The Hall–Kier alpha value is -2.48. The predicted octanol–water partition coefficient (Wildman–Crippen LogP) is 2.04. The number of aliphatic hydroxyl groups is 1. The molecule has 0 aliphatic carbocycles. The van der Waals surface area contributed by atoms with Crippen LogP contribution >= 0.6 is 0 Å². The summed E-state index contributed by atoms with van der Waals surface area (Å²) in [5, 5.41) is 23.9. The minimum absolute atomic E-state index is 0.108. The smallest absolute Gasteiger partial charge is 0.178 e. The second-order valence-electron chi connectivity index (χ2n) is 6.07. The molecule has 0 spiro atoms. The van der Waals surface area contributed by atoms with Gasteiger partial charge in [-0.2, -0.15) is 10.2 Å². The Labute approximate surface area is 134 Å². The molecular weight excluding hydrogens is 294 g/mol. The molecule has 1 atom stereocenters. The van der Waals surface area contributed by atoms with Crippen molar-refractivity contribution in [1.82, 2.24) is 29.9 Å². The molecule has 0 amide bonds. The molecule has 0 bridgehead atoms. The van der Waals surface area contributed by atoms with Crippen molar-refractivity contribution in [3.8, 4) is 0 Å².